The fourth-order valence-corrected chi connectivity index (χ4v) is 0.888. The van der Waals surface area contributed by atoms with Crippen LogP contribution in [-0.4, -0.2) is 50.3 Å². The molecule has 0 heterocycles. The summed E-state index contributed by atoms with van der Waals surface area (Å²) in [7, 11) is 0. The van der Waals surface area contributed by atoms with E-state index in [-0.39, 0.29) is 0 Å². The Bertz CT molecular complexity index is 337. The number of carbonyl (C=O) groups is 3. The van der Waals surface area contributed by atoms with Crippen molar-refractivity contribution in [3.8, 4) is 0 Å². The highest BCUT2D eigenvalue weighted by Gasteiger charge is 2.41. The van der Waals surface area contributed by atoms with Crippen LogP contribution in [0.25, 0.3) is 0 Å². The molecule has 0 aromatic rings. The molecular weight excluding hydrogens is 232 g/mol. The normalized spacial score (nSPS) is 14.0. The number of ketones is 1. The van der Waals surface area contributed by atoms with E-state index in [9.17, 15) is 24.6 Å². The summed E-state index contributed by atoms with van der Waals surface area (Å²) in [5, 5.41) is 27.1. The molecule has 1 atom stereocenters. The monoisotopic (exact) mass is 248 g/mol. The minimum atomic E-state index is -1.97. The minimum Gasteiger partial charge on any atom is -0.479 e. The third kappa shape index (κ3) is 4.12. The second kappa shape index (κ2) is 4.80. The Kier molecular flexibility index (Phi) is 4.39. The SMILES string of the molecule is CC(C)(O)C(=O)C(=O)OC(C)(C)C(O)C(=O)O. The molecule has 0 aromatic carbocycles. The lowest BCUT2D eigenvalue weighted by Crippen LogP contribution is -2.49. The predicted octanol–water partition coefficient (Wildman–Crippen LogP) is -0.906. The zero-order chi connectivity index (χ0) is 14.0. The van der Waals surface area contributed by atoms with E-state index >= 15 is 0 Å². The van der Waals surface area contributed by atoms with E-state index < -0.39 is 35.0 Å². The quantitative estimate of drug-likeness (QED) is 0.425. The van der Waals surface area contributed by atoms with Crippen LogP contribution in [0.15, 0.2) is 0 Å². The van der Waals surface area contributed by atoms with Gasteiger partial charge in [0.25, 0.3) is 5.78 Å². The molecule has 0 saturated carbocycles. The van der Waals surface area contributed by atoms with E-state index in [0.29, 0.717) is 0 Å². The van der Waals surface area contributed by atoms with Gasteiger partial charge in [-0.25, -0.2) is 9.59 Å². The first-order valence-electron chi connectivity index (χ1n) is 4.80. The highest BCUT2D eigenvalue weighted by atomic mass is 16.6. The summed E-state index contributed by atoms with van der Waals surface area (Å²) in [6.07, 6.45) is -1.97. The van der Waals surface area contributed by atoms with Crippen molar-refractivity contribution in [2.75, 3.05) is 0 Å². The molecule has 0 rings (SSSR count). The van der Waals surface area contributed by atoms with E-state index in [1.54, 1.807) is 0 Å². The number of aliphatic hydroxyl groups excluding tert-OH is 1. The number of ether oxygens (including phenoxy) is 1. The fraction of sp³-hybridized carbons (Fsp3) is 0.700. The van der Waals surface area contributed by atoms with Crippen molar-refractivity contribution in [1.82, 2.24) is 0 Å². The van der Waals surface area contributed by atoms with Crippen LogP contribution in [-0.2, 0) is 19.1 Å². The van der Waals surface area contributed by atoms with E-state index in [2.05, 4.69) is 4.74 Å². The van der Waals surface area contributed by atoms with E-state index in [1.807, 2.05) is 0 Å². The number of hydrogen-bond donors (Lipinski definition) is 3. The molecule has 0 bridgehead atoms. The average Bonchev–Trinajstić information content (AvgIpc) is 2.12. The molecule has 0 fully saturated rings. The van der Waals surface area contributed by atoms with Gasteiger partial charge in [-0.3, -0.25) is 4.79 Å². The van der Waals surface area contributed by atoms with Crippen molar-refractivity contribution in [2.24, 2.45) is 0 Å². The van der Waals surface area contributed by atoms with E-state index in [0.717, 1.165) is 27.7 Å². The van der Waals surface area contributed by atoms with Crippen LogP contribution >= 0.6 is 0 Å². The zero-order valence-electron chi connectivity index (χ0n) is 10.1. The number of aliphatic carboxylic acids is 1. The number of hydrogen-bond acceptors (Lipinski definition) is 6. The lowest BCUT2D eigenvalue weighted by Gasteiger charge is -2.28. The summed E-state index contributed by atoms with van der Waals surface area (Å²) in [6.45, 7) is 4.47. The van der Waals surface area contributed by atoms with Crippen LogP contribution in [0.2, 0.25) is 0 Å². The summed E-state index contributed by atoms with van der Waals surface area (Å²) in [6, 6.07) is 0. The highest BCUT2D eigenvalue weighted by Crippen LogP contribution is 2.17. The Labute approximate surface area is 98.0 Å². The van der Waals surface area contributed by atoms with Crippen LogP contribution in [0.5, 0.6) is 0 Å². The molecule has 0 aromatic heterocycles. The number of esters is 1. The van der Waals surface area contributed by atoms with Crippen molar-refractivity contribution in [3.63, 3.8) is 0 Å². The van der Waals surface area contributed by atoms with Gasteiger partial charge >= 0.3 is 11.9 Å². The van der Waals surface area contributed by atoms with Crippen molar-refractivity contribution < 1.29 is 34.4 Å². The van der Waals surface area contributed by atoms with Gasteiger partial charge in [0, 0.05) is 0 Å². The molecule has 0 radical (unpaired) electrons. The lowest BCUT2D eigenvalue weighted by atomic mass is 10.0. The highest BCUT2D eigenvalue weighted by molar-refractivity contribution is 6.36. The molecule has 0 saturated heterocycles. The van der Waals surface area contributed by atoms with Crippen LogP contribution < -0.4 is 0 Å². The molecular formula is C10H16O7. The molecule has 98 valence electrons. The van der Waals surface area contributed by atoms with Gasteiger partial charge in [-0.1, -0.05) is 0 Å². The van der Waals surface area contributed by atoms with Crippen LogP contribution in [0.3, 0.4) is 0 Å². The molecule has 7 nitrogen and oxygen atoms in total. The Balaban J connectivity index is 4.81. The average molecular weight is 248 g/mol. The van der Waals surface area contributed by atoms with Gasteiger partial charge in [-0.05, 0) is 27.7 Å². The van der Waals surface area contributed by atoms with E-state index in [4.69, 9.17) is 5.11 Å². The Hall–Kier alpha value is -1.47. The van der Waals surface area contributed by atoms with Crippen molar-refractivity contribution >= 4 is 17.7 Å². The first kappa shape index (κ1) is 15.5. The largest absolute Gasteiger partial charge is 0.479 e. The Morgan fingerprint density at radius 1 is 1.12 bits per heavy atom. The smallest absolute Gasteiger partial charge is 0.378 e. The zero-order valence-corrected chi connectivity index (χ0v) is 10.1. The summed E-state index contributed by atoms with van der Waals surface area (Å²) in [5.74, 6) is -4.20. The van der Waals surface area contributed by atoms with E-state index in [1.165, 1.54) is 0 Å². The lowest BCUT2D eigenvalue weighted by molar-refractivity contribution is -0.183. The first-order chi connectivity index (χ1) is 7.39. The molecule has 0 aliphatic heterocycles. The molecule has 0 aliphatic carbocycles. The number of Topliss-reactive ketones (excluding diaryl/α,β-unsaturated/α-hetero) is 1. The second-order valence-electron chi connectivity index (χ2n) is 4.62. The van der Waals surface area contributed by atoms with Gasteiger partial charge in [0.15, 0.2) is 6.10 Å². The number of carboxylic acids is 1. The Morgan fingerprint density at radius 3 is 1.82 bits per heavy atom. The summed E-state index contributed by atoms with van der Waals surface area (Å²) in [4.78, 5) is 33.1. The fourth-order valence-electron chi connectivity index (χ4n) is 0.888. The maximum Gasteiger partial charge on any atom is 0.378 e. The van der Waals surface area contributed by atoms with Gasteiger partial charge in [-0.15, -0.1) is 0 Å². The second-order valence-corrected chi connectivity index (χ2v) is 4.62. The topological polar surface area (TPSA) is 121 Å². The standard InChI is InChI=1S/C10H16O7/c1-9(2,16)6(12)8(15)17-10(3,4)5(11)7(13)14/h5,11,16H,1-4H3,(H,13,14). The number of carboxylic acid groups (broad SMARTS) is 1. The molecule has 0 spiro atoms. The van der Waals surface area contributed by atoms with Crippen molar-refractivity contribution in [1.29, 1.82) is 0 Å². The Morgan fingerprint density at radius 2 is 1.53 bits per heavy atom. The number of carbonyl (C=O) groups excluding carboxylic acids is 2. The summed E-state index contributed by atoms with van der Waals surface area (Å²) < 4.78 is 4.57. The van der Waals surface area contributed by atoms with Gasteiger partial charge < -0.3 is 20.1 Å². The number of rotatable bonds is 5. The first-order valence-corrected chi connectivity index (χ1v) is 4.80. The number of aliphatic hydroxyl groups is 2. The van der Waals surface area contributed by atoms with Gasteiger partial charge in [0.2, 0.25) is 0 Å². The van der Waals surface area contributed by atoms with Crippen LogP contribution in [0.4, 0.5) is 0 Å². The molecule has 0 amide bonds. The van der Waals surface area contributed by atoms with Gasteiger partial charge in [0.05, 0.1) is 0 Å². The molecule has 1 unspecified atom stereocenters. The molecule has 0 aliphatic rings. The van der Waals surface area contributed by atoms with Crippen LogP contribution in [0, 0.1) is 0 Å². The van der Waals surface area contributed by atoms with Crippen LogP contribution in [0.1, 0.15) is 27.7 Å². The maximum absolute atomic E-state index is 11.3. The molecule has 17 heavy (non-hydrogen) atoms. The summed E-state index contributed by atoms with van der Waals surface area (Å²) in [5.41, 5.74) is -3.69. The third-order valence-corrected chi connectivity index (χ3v) is 1.99. The minimum absolute atomic E-state index is 1.09. The van der Waals surface area contributed by atoms with Gasteiger partial charge in [-0.2, -0.15) is 0 Å². The predicted molar refractivity (Wildman–Crippen MR) is 55.1 cm³/mol. The molecule has 3 N–H and O–H groups in total. The molecule has 7 heteroatoms. The van der Waals surface area contributed by atoms with Gasteiger partial charge in [0.1, 0.15) is 11.2 Å². The van der Waals surface area contributed by atoms with Crippen molar-refractivity contribution in [2.45, 2.75) is 45.0 Å². The summed E-state index contributed by atoms with van der Waals surface area (Å²) >= 11 is 0. The maximum atomic E-state index is 11.3. The third-order valence-electron chi connectivity index (χ3n) is 1.99. The van der Waals surface area contributed by atoms with Crippen molar-refractivity contribution in [3.05, 3.63) is 0 Å².